The van der Waals surface area contributed by atoms with Gasteiger partial charge in [-0.1, -0.05) is 23.5 Å². The van der Waals surface area contributed by atoms with Gasteiger partial charge in [-0.2, -0.15) is 9.61 Å². The number of hydrogen-bond acceptors (Lipinski definition) is 5. The zero-order valence-electron chi connectivity index (χ0n) is 9.49. The summed E-state index contributed by atoms with van der Waals surface area (Å²) < 4.78 is 1.63. The number of benzene rings is 1. The van der Waals surface area contributed by atoms with Crippen molar-refractivity contribution in [1.82, 2.24) is 19.8 Å². The Morgan fingerprint density at radius 3 is 3.11 bits per heavy atom. The van der Waals surface area contributed by atoms with Gasteiger partial charge in [0.15, 0.2) is 0 Å². The van der Waals surface area contributed by atoms with Crippen LogP contribution in [-0.2, 0) is 4.79 Å². The lowest BCUT2D eigenvalue weighted by Gasteiger charge is -2.02. The summed E-state index contributed by atoms with van der Waals surface area (Å²) in [5, 5.41) is 15.6. The van der Waals surface area contributed by atoms with Crippen LogP contribution in [0.15, 0.2) is 30.6 Å². The smallest absolute Gasteiger partial charge is 0.234 e. The van der Waals surface area contributed by atoms with Crippen LogP contribution in [0.25, 0.3) is 15.5 Å². The Morgan fingerprint density at radius 2 is 2.33 bits per heavy atom. The molecule has 0 aliphatic heterocycles. The molecule has 0 spiro atoms. The molecule has 0 saturated heterocycles. The number of anilines is 1. The quantitative estimate of drug-likeness (QED) is 0.761. The molecule has 0 radical (unpaired) electrons. The van der Waals surface area contributed by atoms with Crippen molar-refractivity contribution in [2.24, 2.45) is 0 Å². The number of nitrogens with zero attached hydrogens (tertiary/aromatic N) is 4. The van der Waals surface area contributed by atoms with Crippen molar-refractivity contribution in [2.45, 2.75) is 6.92 Å². The molecule has 0 aliphatic rings. The largest absolute Gasteiger partial charge is 0.326 e. The van der Waals surface area contributed by atoms with E-state index in [0.29, 0.717) is 0 Å². The summed E-state index contributed by atoms with van der Waals surface area (Å²) in [6.07, 6.45) is 1.56. The third-order valence-corrected chi connectivity index (χ3v) is 3.28. The van der Waals surface area contributed by atoms with E-state index in [1.807, 2.05) is 24.3 Å². The molecule has 6 nitrogen and oxygen atoms in total. The fourth-order valence-corrected chi connectivity index (χ4v) is 2.43. The van der Waals surface area contributed by atoms with E-state index in [2.05, 4.69) is 20.6 Å². The molecule has 0 saturated carbocycles. The number of rotatable bonds is 2. The molecule has 3 rings (SSSR count). The number of carbonyl (C=O) groups excluding carboxylic acids is 1. The highest BCUT2D eigenvalue weighted by atomic mass is 32.1. The van der Waals surface area contributed by atoms with E-state index in [-0.39, 0.29) is 5.91 Å². The maximum Gasteiger partial charge on any atom is 0.234 e. The Hall–Kier alpha value is -2.28. The summed E-state index contributed by atoms with van der Waals surface area (Å²) in [6.45, 7) is 1.48. The second-order valence-electron chi connectivity index (χ2n) is 3.73. The van der Waals surface area contributed by atoms with Crippen molar-refractivity contribution >= 4 is 27.9 Å². The monoisotopic (exact) mass is 259 g/mol. The average molecular weight is 259 g/mol. The number of hydrogen-bond donors (Lipinski definition) is 1. The highest BCUT2D eigenvalue weighted by molar-refractivity contribution is 7.19. The molecule has 1 N–H and O–H groups in total. The molecule has 0 fully saturated rings. The first-order valence-corrected chi connectivity index (χ1v) is 6.09. The van der Waals surface area contributed by atoms with Crippen LogP contribution >= 0.6 is 11.3 Å². The maximum atomic E-state index is 11.0. The van der Waals surface area contributed by atoms with Gasteiger partial charge in [-0.15, -0.1) is 10.2 Å². The first-order valence-electron chi connectivity index (χ1n) is 5.27. The van der Waals surface area contributed by atoms with Crippen molar-refractivity contribution in [3.8, 4) is 10.6 Å². The van der Waals surface area contributed by atoms with Crippen molar-refractivity contribution < 1.29 is 4.79 Å². The van der Waals surface area contributed by atoms with Gasteiger partial charge in [0.1, 0.15) is 11.3 Å². The highest BCUT2D eigenvalue weighted by Gasteiger charge is 2.08. The maximum absolute atomic E-state index is 11.0. The second-order valence-corrected chi connectivity index (χ2v) is 4.68. The molecule has 3 aromatic rings. The van der Waals surface area contributed by atoms with Crippen LogP contribution in [0, 0.1) is 0 Å². The number of carbonyl (C=O) groups is 1. The Kier molecular flexibility index (Phi) is 2.52. The molecule has 0 aliphatic carbocycles. The van der Waals surface area contributed by atoms with Crippen LogP contribution in [0.1, 0.15) is 6.92 Å². The van der Waals surface area contributed by atoms with Crippen molar-refractivity contribution in [3.05, 3.63) is 30.6 Å². The molecular weight excluding hydrogens is 250 g/mol. The van der Waals surface area contributed by atoms with Crippen LogP contribution in [0.2, 0.25) is 0 Å². The standard InChI is InChI=1S/C11H9N5OS/c1-7(17)13-9-4-2-3-8(5-9)10-15-16-6-12-14-11(16)18-10/h2-6H,1H3,(H,13,17). The van der Waals surface area contributed by atoms with E-state index in [1.54, 1.807) is 10.8 Å². The van der Waals surface area contributed by atoms with Crippen LogP contribution in [-0.4, -0.2) is 25.7 Å². The third kappa shape index (κ3) is 1.95. The van der Waals surface area contributed by atoms with Crippen molar-refractivity contribution in [1.29, 1.82) is 0 Å². The number of nitrogens with one attached hydrogen (secondary N) is 1. The van der Waals surface area contributed by atoms with Gasteiger partial charge in [0.25, 0.3) is 0 Å². The van der Waals surface area contributed by atoms with E-state index in [4.69, 9.17) is 0 Å². The van der Waals surface area contributed by atoms with Crippen LogP contribution in [0.5, 0.6) is 0 Å². The second kappa shape index (κ2) is 4.19. The third-order valence-electron chi connectivity index (χ3n) is 2.32. The van der Waals surface area contributed by atoms with Gasteiger partial charge in [-0.3, -0.25) is 4.79 Å². The van der Waals surface area contributed by atoms with Crippen molar-refractivity contribution in [2.75, 3.05) is 5.32 Å². The van der Waals surface area contributed by atoms with E-state index < -0.39 is 0 Å². The zero-order valence-corrected chi connectivity index (χ0v) is 10.3. The van der Waals surface area contributed by atoms with E-state index in [1.165, 1.54) is 18.3 Å². The predicted molar refractivity (Wildman–Crippen MR) is 68.4 cm³/mol. The Balaban J connectivity index is 2.00. The molecule has 2 heterocycles. The average Bonchev–Trinajstić information content (AvgIpc) is 2.88. The molecule has 1 aromatic carbocycles. The Bertz CT molecular complexity index is 688. The fraction of sp³-hybridized carbons (Fsp3) is 0.0909. The molecule has 7 heteroatoms. The summed E-state index contributed by atoms with van der Waals surface area (Å²) in [6, 6.07) is 7.54. The summed E-state index contributed by atoms with van der Waals surface area (Å²) in [4.78, 5) is 11.8. The molecule has 0 unspecified atom stereocenters. The summed E-state index contributed by atoms with van der Waals surface area (Å²) in [5.74, 6) is -0.0923. The van der Waals surface area contributed by atoms with Gasteiger partial charge in [-0.05, 0) is 12.1 Å². The highest BCUT2D eigenvalue weighted by Crippen LogP contribution is 2.26. The lowest BCUT2D eigenvalue weighted by Crippen LogP contribution is -2.05. The summed E-state index contributed by atoms with van der Waals surface area (Å²) in [7, 11) is 0. The Morgan fingerprint density at radius 1 is 1.44 bits per heavy atom. The summed E-state index contributed by atoms with van der Waals surface area (Å²) >= 11 is 1.45. The minimum Gasteiger partial charge on any atom is -0.326 e. The first kappa shape index (κ1) is 10.8. The molecule has 0 bridgehead atoms. The van der Waals surface area contributed by atoms with Gasteiger partial charge in [0.05, 0.1) is 0 Å². The lowest BCUT2D eigenvalue weighted by atomic mass is 10.2. The Labute approximate surface area is 106 Å². The minimum atomic E-state index is -0.0923. The number of fused-ring (bicyclic) bond motifs is 1. The van der Waals surface area contributed by atoms with Gasteiger partial charge >= 0.3 is 0 Å². The van der Waals surface area contributed by atoms with Crippen LogP contribution in [0.3, 0.4) is 0 Å². The van der Waals surface area contributed by atoms with Crippen molar-refractivity contribution in [3.63, 3.8) is 0 Å². The normalized spacial score (nSPS) is 10.7. The minimum absolute atomic E-state index is 0.0923. The number of aromatic nitrogens is 4. The molecule has 1 amide bonds. The van der Waals surface area contributed by atoms with Crippen LogP contribution < -0.4 is 5.32 Å². The van der Waals surface area contributed by atoms with Gasteiger partial charge < -0.3 is 5.32 Å². The molecule has 90 valence electrons. The van der Waals surface area contributed by atoms with Crippen LogP contribution in [0.4, 0.5) is 5.69 Å². The molecular formula is C11H9N5OS. The SMILES string of the molecule is CC(=O)Nc1cccc(-c2nn3cnnc3s2)c1. The first-order chi connectivity index (χ1) is 8.72. The van der Waals surface area contributed by atoms with E-state index in [0.717, 1.165) is 21.2 Å². The molecule has 18 heavy (non-hydrogen) atoms. The number of amides is 1. The predicted octanol–water partition coefficient (Wildman–Crippen LogP) is 1.81. The molecule has 0 atom stereocenters. The zero-order chi connectivity index (χ0) is 12.5. The lowest BCUT2D eigenvalue weighted by molar-refractivity contribution is -0.114. The fourth-order valence-electron chi connectivity index (χ4n) is 1.61. The van der Waals surface area contributed by atoms with Gasteiger partial charge in [-0.25, -0.2) is 0 Å². The van der Waals surface area contributed by atoms with Gasteiger partial charge in [0, 0.05) is 18.2 Å². The van der Waals surface area contributed by atoms with E-state index in [9.17, 15) is 4.79 Å². The topological polar surface area (TPSA) is 72.2 Å². The van der Waals surface area contributed by atoms with Gasteiger partial charge in [0.2, 0.25) is 10.9 Å². The summed E-state index contributed by atoms with van der Waals surface area (Å²) in [5.41, 5.74) is 1.70. The van der Waals surface area contributed by atoms with E-state index >= 15 is 0 Å². The molecule has 2 aromatic heterocycles.